The lowest BCUT2D eigenvalue weighted by atomic mass is 9.96. The molecule has 1 aliphatic rings. The number of fused-ring (bicyclic) bond motifs is 1. The summed E-state index contributed by atoms with van der Waals surface area (Å²) in [4.78, 5) is 13.1. The van der Waals surface area contributed by atoms with E-state index in [9.17, 15) is 4.79 Å². The molecule has 0 saturated heterocycles. The smallest absolute Gasteiger partial charge is 0.244 e. The fraction of sp³-hybridized carbons (Fsp3) is 0.261. The highest BCUT2D eigenvalue weighted by atomic mass is 35.5. The molecule has 152 valence electrons. The number of rotatable bonds is 3. The Kier molecular flexibility index (Phi) is 5.09. The van der Waals surface area contributed by atoms with Crippen LogP contribution in [0.25, 0.3) is 27.9 Å². The average Bonchev–Trinajstić information content (AvgIpc) is 3.12. The van der Waals surface area contributed by atoms with Crippen LogP contribution in [0.4, 0.5) is 0 Å². The third kappa shape index (κ3) is 3.42. The van der Waals surface area contributed by atoms with Crippen LogP contribution in [-0.4, -0.2) is 19.4 Å². The number of halogens is 2. The molecule has 0 N–H and O–H groups in total. The van der Waals surface area contributed by atoms with Gasteiger partial charge in [0.25, 0.3) is 0 Å². The van der Waals surface area contributed by atoms with Crippen molar-refractivity contribution in [1.29, 1.82) is 0 Å². The van der Waals surface area contributed by atoms with Gasteiger partial charge in [-0.05, 0) is 48.2 Å². The van der Waals surface area contributed by atoms with Crippen LogP contribution < -0.4 is 5.69 Å². The van der Waals surface area contributed by atoms with E-state index in [2.05, 4.69) is 5.10 Å². The minimum atomic E-state index is -0.185. The molecule has 0 unspecified atom stereocenters. The molecule has 5 rings (SSSR count). The Morgan fingerprint density at radius 2 is 1.43 bits per heavy atom. The Hall–Kier alpha value is -2.63. The van der Waals surface area contributed by atoms with Gasteiger partial charge in [-0.25, -0.2) is 9.48 Å². The molecule has 0 radical (unpaired) electrons. The molecule has 1 aliphatic carbocycles. The van der Waals surface area contributed by atoms with E-state index in [-0.39, 0.29) is 11.7 Å². The summed E-state index contributed by atoms with van der Waals surface area (Å²) in [6.07, 6.45) is 7.15. The number of nitrogens with zero attached hydrogens (tertiary/aromatic N) is 4. The summed E-state index contributed by atoms with van der Waals surface area (Å²) in [7, 11) is 0. The van der Waals surface area contributed by atoms with Crippen LogP contribution in [-0.2, 0) is 0 Å². The predicted octanol–water partition coefficient (Wildman–Crippen LogP) is 6.04. The van der Waals surface area contributed by atoms with Gasteiger partial charge in [0.2, 0.25) is 0 Å². The fourth-order valence-corrected chi connectivity index (χ4v) is 4.50. The SMILES string of the molecule is O=c1n(C2CCCCC2)nc2c(-c3ccc(Cl)cc3)c(-c3ccc(Cl)cc3)cnn12. The molecule has 5 nitrogen and oxygen atoms in total. The van der Waals surface area contributed by atoms with Gasteiger partial charge >= 0.3 is 5.69 Å². The number of hydrogen-bond acceptors (Lipinski definition) is 3. The van der Waals surface area contributed by atoms with E-state index in [0.29, 0.717) is 15.7 Å². The molecule has 30 heavy (non-hydrogen) atoms. The van der Waals surface area contributed by atoms with Crippen LogP contribution in [0.3, 0.4) is 0 Å². The van der Waals surface area contributed by atoms with Gasteiger partial charge in [-0.1, -0.05) is 66.7 Å². The highest BCUT2D eigenvalue weighted by Gasteiger charge is 2.23. The second-order valence-corrected chi connectivity index (χ2v) is 8.57. The Balaban J connectivity index is 1.77. The van der Waals surface area contributed by atoms with Crippen molar-refractivity contribution in [3.63, 3.8) is 0 Å². The highest BCUT2D eigenvalue weighted by molar-refractivity contribution is 6.31. The van der Waals surface area contributed by atoms with Crippen LogP contribution in [0.2, 0.25) is 10.0 Å². The molecule has 0 bridgehead atoms. The standard InChI is InChI=1S/C23H20Cl2N4O/c24-17-10-6-15(7-11-17)20-14-26-29-22(21(20)16-8-12-18(25)13-9-16)27-28(23(29)30)19-4-2-1-3-5-19/h6-14,19H,1-5H2. The quantitative estimate of drug-likeness (QED) is 0.391. The summed E-state index contributed by atoms with van der Waals surface area (Å²) in [6, 6.07) is 15.3. The molecular weight excluding hydrogens is 419 g/mol. The van der Waals surface area contributed by atoms with E-state index in [1.807, 2.05) is 48.5 Å². The Morgan fingerprint density at radius 1 is 0.833 bits per heavy atom. The van der Waals surface area contributed by atoms with Gasteiger partial charge in [-0.15, -0.1) is 5.10 Å². The second-order valence-electron chi connectivity index (χ2n) is 7.70. The minimum Gasteiger partial charge on any atom is -0.244 e. The first-order chi connectivity index (χ1) is 14.6. The molecule has 7 heteroatoms. The van der Waals surface area contributed by atoms with Gasteiger partial charge in [0.15, 0.2) is 5.65 Å². The molecule has 4 aromatic rings. The summed E-state index contributed by atoms with van der Waals surface area (Å²) in [5.41, 5.74) is 4.00. The van der Waals surface area contributed by atoms with Crippen molar-refractivity contribution < 1.29 is 0 Å². The molecule has 1 saturated carbocycles. The topological polar surface area (TPSA) is 52.2 Å². The second kappa shape index (κ2) is 7.89. The van der Waals surface area contributed by atoms with Crippen molar-refractivity contribution in [3.8, 4) is 22.3 Å². The Labute approximate surface area is 183 Å². The van der Waals surface area contributed by atoms with Gasteiger partial charge in [0.1, 0.15) is 0 Å². The number of aromatic nitrogens is 4. The van der Waals surface area contributed by atoms with E-state index in [4.69, 9.17) is 28.3 Å². The molecule has 0 atom stereocenters. The lowest BCUT2D eigenvalue weighted by molar-refractivity contribution is 0.322. The third-order valence-corrected chi connectivity index (χ3v) is 6.29. The maximum absolute atomic E-state index is 13.1. The van der Waals surface area contributed by atoms with Crippen LogP contribution in [0.5, 0.6) is 0 Å². The maximum atomic E-state index is 13.1. The lowest BCUT2D eigenvalue weighted by Crippen LogP contribution is -2.27. The zero-order chi connectivity index (χ0) is 20.7. The van der Waals surface area contributed by atoms with Crippen molar-refractivity contribution in [2.75, 3.05) is 0 Å². The van der Waals surface area contributed by atoms with E-state index in [0.717, 1.165) is 47.9 Å². The third-order valence-electron chi connectivity index (χ3n) is 5.78. The normalized spacial score (nSPS) is 15.0. The van der Waals surface area contributed by atoms with Crippen molar-refractivity contribution in [2.45, 2.75) is 38.1 Å². The number of hydrogen-bond donors (Lipinski definition) is 0. The van der Waals surface area contributed by atoms with Gasteiger partial charge in [0, 0.05) is 21.2 Å². The summed E-state index contributed by atoms with van der Waals surface area (Å²) >= 11 is 12.2. The molecule has 2 heterocycles. The van der Waals surface area contributed by atoms with E-state index < -0.39 is 0 Å². The van der Waals surface area contributed by atoms with E-state index in [1.54, 1.807) is 10.9 Å². The van der Waals surface area contributed by atoms with E-state index in [1.165, 1.54) is 10.9 Å². The van der Waals surface area contributed by atoms with Crippen molar-refractivity contribution >= 4 is 28.8 Å². The van der Waals surface area contributed by atoms with Crippen molar-refractivity contribution in [1.82, 2.24) is 19.4 Å². The molecule has 1 fully saturated rings. The number of benzene rings is 2. The maximum Gasteiger partial charge on any atom is 0.367 e. The first kappa shape index (κ1) is 19.3. The summed E-state index contributed by atoms with van der Waals surface area (Å²) in [5.74, 6) is 0. The van der Waals surface area contributed by atoms with Crippen molar-refractivity contribution in [2.24, 2.45) is 0 Å². The van der Waals surface area contributed by atoms with Crippen LogP contribution in [0, 0.1) is 0 Å². The largest absolute Gasteiger partial charge is 0.367 e. The molecule has 2 aromatic carbocycles. The van der Waals surface area contributed by atoms with Gasteiger partial charge in [-0.3, -0.25) is 0 Å². The summed E-state index contributed by atoms with van der Waals surface area (Å²) in [6.45, 7) is 0. The average molecular weight is 439 g/mol. The minimum absolute atomic E-state index is 0.130. The molecule has 0 aliphatic heterocycles. The van der Waals surface area contributed by atoms with Crippen LogP contribution in [0.1, 0.15) is 38.1 Å². The van der Waals surface area contributed by atoms with Crippen LogP contribution in [0.15, 0.2) is 59.5 Å². The summed E-state index contributed by atoms with van der Waals surface area (Å²) < 4.78 is 3.05. The molecule has 2 aromatic heterocycles. The first-order valence-electron chi connectivity index (χ1n) is 10.1. The molecular formula is C23H20Cl2N4O. The van der Waals surface area contributed by atoms with E-state index >= 15 is 0 Å². The molecule has 0 amide bonds. The zero-order valence-electron chi connectivity index (χ0n) is 16.3. The molecule has 0 spiro atoms. The van der Waals surface area contributed by atoms with Gasteiger partial charge in [0.05, 0.1) is 12.2 Å². The van der Waals surface area contributed by atoms with Crippen molar-refractivity contribution in [3.05, 3.63) is 75.3 Å². The van der Waals surface area contributed by atoms with Gasteiger partial charge in [-0.2, -0.15) is 9.61 Å². The zero-order valence-corrected chi connectivity index (χ0v) is 17.8. The predicted molar refractivity (Wildman–Crippen MR) is 120 cm³/mol. The van der Waals surface area contributed by atoms with Crippen LogP contribution >= 0.6 is 23.2 Å². The Bertz CT molecular complexity index is 1250. The monoisotopic (exact) mass is 438 g/mol. The first-order valence-corrected chi connectivity index (χ1v) is 10.9. The summed E-state index contributed by atoms with van der Waals surface area (Å²) in [5, 5.41) is 10.6. The van der Waals surface area contributed by atoms with Gasteiger partial charge < -0.3 is 0 Å². The Morgan fingerprint density at radius 3 is 2.07 bits per heavy atom. The fourth-order valence-electron chi connectivity index (χ4n) is 4.25. The lowest BCUT2D eigenvalue weighted by Gasteiger charge is -2.20. The highest BCUT2D eigenvalue weighted by Crippen LogP contribution is 2.35.